The number of nitrogens with one attached hydrogen (secondary N) is 1. The predicted octanol–water partition coefficient (Wildman–Crippen LogP) is 1.00. The Morgan fingerprint density at radius 2 is 2.33 bits per heavy atom. The molecule has 0 aromatic carbocycles. The van der Waals surface area contributed by atoms with Crippen molar-refractivity contribution in [2.45, 2.75) is 13.0 Å². The van der Waals surface area contributed by atoms with Gasteiger partial charge in [0.2, 0.25) is 0 Å². The standard InChI is InChI=1S/C12H17BrN4O/c1-4-7-17-12(18)11(13)10(9-15-17)14-6-5-8-16(2)3/h1,9,14H,5-8H2,2-3H3. The molecule has 1 heterocycles. The second-order valence-electron chi connectivity index (χ2n) is 4.12. The van der Waals surface area contributed by atoms with Gasteiger partial charge in [0.05, 0.1) is 11.9 Å². The lowest BCUT2D eigenvalue weighted by atomic mass is 10.3. The molecule has 0 aliphatic carbocycles. The van der Waals surface area contributed by atoms with Crippen LogP contribution in [0.2, 0.25) is 0 Å². The smallest absolute Gasteiger partial charge is 0.284 e. The Balaban J connectivity index is 2.66. The molecule has 5 nitrogen and oxygen atoms in total. The minimum atomic E-state index is -0.217. The van der Waals surface area contributed by atoms with Gasteiger partial charge < -0.3 is 10.2 Å². The first-order chi connectivity index (χ1) is 8.56. The molecule has 0 spiro atoms. The molecule has 0 fully saturated rings. The number of terminal acetylenes is 1. The lowest BCUT2D eigenvalue weighted by Gasteiger charge is -2.11. The topological polar surface area (TPSA) is 50.2 Å². The van der Waals surface area contributed by atoms with Crippen LogP contribution >= 0.6 is 15.9 Å². The van der Waals surface area contributed by atoms with Gasteiger partial charge in [-0.05, 0) is 43.0 Å². The first kappa shape index (κ1) is 14.7. The molecule has 0 saturated carbocycles. The van der Waals surface area contributed by atoms with Crippen molar-refractivity contribution in [3.8, 4) is 12.3 Å². The SMILES string of the molecule is C#CCn1ncc(NCCCN(C)C)c(Br)c1=O. The third-order valence-electron chi connectivity index (χ3n) is 2.32. The third kappa shape index (κ3) is 4.17. The normalized spacial score (nSPS) is 10.4. The number of halogens is 1. The highest BCUT2D eigenvalue weighted by atomic mass is 79.9. The van der Waals surface area contributed by atoms with E-state index in [0.29, 0.717) is 10.2 Å². The molecular formula is C12H17BrN4O. The highest BCUT2D eigenvalue weighted by Gasteiger charge is 2.07. The Kier molecular flexibility index (Phi) is 5.89. The summed E-state index contributed by atoms with van der Waals surface area (Å²) in [6.07, 6.45) is 7.76. The summed E-state index contributed by atoms with van der Waals surface area (Å²) in [7, 11) is 4.05. The van der Waals surface area contributed by atoms with Crippen molar-refractivity contribution in [2.75, 3.05) is 32.5 Å². The summed E-state index contributed by atoms with van der Waals surface area (Å²) in [6.45, 7) is 1.96. The molecule has 0 radical (unpaired) electrons. The van der Waals surface area contributed by atoms with E-state index in [9.17, 15) is 4.79 Å². The monoisotopic (exact) mass is 312 g/mol. The van der Waals surface area contributed by atoms with Crippen molar-refractivity contribution in [3.63, 3.8) is 0 Å². The van der Waals surface area contributed by atoms with Crippen LogP contribution in [0.4, 0.5) is 5.69 Å². The first-order valence-electron chi connectivity index (χ1n) is 5.64. The number of hydrogen-bond donors (Lipinski definition) is 1. The molecule has 1 aromatic heterocycles. The van der Waals surface area contributed by atoms with Crippen LogP contribution in [0.5, 0.6) is 0 Å². The van der Waals surface area contributed by atoms with Crippen molar-refractivity contribution in [2.24, 2.45) is 0 Å². The quantitative estimate of drug-likeness (QED) is 0.629. The molecule has 0 saturated heterocycles. The van der Waals surface area contributed by atoms with Crippen molar-refractivity contribution in [1.29, 1.82) is 0 Å². The summed E-state index contributed by atoms with van der Waals surface area (Å²) < 4.78 is 1.72. The van der Waals surface area contributed by atoms with E-state index in [2.05, 4.69) is 37.2 Å². The maximum Gasteiger partial charge on any atom is 0.284 e. The molecule has 0 bridgehead atoms. The zero-order valence-electron chi connectivity index (χ0n) is 10.6. The molecule has 1 N–H and O–H groups in total. The van der Waals surface area contributed by atoms with Gasteiger partial charge >= 0.3 is 0 Å². The molecule has 0 aliphatic heterocycles. The lowest BCUT2D eigenvalue weighted by Crippen LogP contribution is -2.24. The summed E-state index contributed by atoms with van der Waals surface area (Å²) in [4.78, 5) is 13.9. The van der Waals surface area contributed by atoms with Crippen LogP contribution in [0.15, 0.2) is 15.5 Å². The highest BCUT2D eigenvalue weighted by Crippen LogP contribution is 2.15. The van der Waals surface area contributed by atoms with Crippen LogP contribution in [0, 0.1) is 12.3 Å². The van der Waals surface area contributed by atoms with Crippen LogP contribution < -0.4 is 10.9 Å². The second kappa shape index (κ2) is 7.19. The number of rotatable bonds is 6. The Bertz CT molecular complexity index is 490. The molecule has 0 unspecified atom stereocenters. The fourth-order valence-electron chi connectivity index (χ4n) is 1.41. The minimum absolute atomic E-state index is 0.179. The average Bonchev–Trinajstić information content (AvgIpc) is 2.33. The van der Waals surface area contributed by atoms with Gasteiger partial charge in [-0.2, -0.15) is 5.10 Å². The van der Waals surface area contributed by atoms with E-state index in [0.717, 1.165) is 19.5 Å². The van der Waals surface area contributed by atoms with E-state index in [-0.39, 0.29) is 12.1 Å². The summed E-state index contributed by atoms with van der Waals surface area (Å²) in [5.74, 6) is 2.39. The molecule has 1 rings (SSSR count). The van der Waals surface area contributed by atoms with Crippen molar-refractivity contribution in [3.05, 3.63) is 21.0 Å². The highest BCUT2D eigenvalue weighted by molar-refractivity contribution is 9.10. The van der Waals surface area contributed by atoms with E-state index >= 15 is 0 Å². The maximum atomic E-state index is 11.8. The summed E-state index contributed by atoms with van der Waals surface area (Å²) in [5, 5.41) is 7.18. The van der Waals surface area contributed by atoms with E-state index in [1.165, 1.54) is 4.68 Å². The summed E-state index contributed by atoms with van der Waals surface area (Å²) in [5.41, 5.74) is 0.484. The molecule has 0 atom stereocenters. The largest absolute Gasteiger partial charge is 0.383 e. The molecule has 0 amide bonds. The van der Waals surface area contributed by atoms with Gasteiger partial charge in [0, 0.05) is 6.54 Å². The van der Waals surface area contributed by atoms with Crippen LogP contribution in [0.3, 0.4) is 0 Å². The number of nitrogens with zero attached hydrogens (tertiary/aromatic N) is 3. The summed E-state index contributed by atoms with van der Waals surface area (Å²) >= 11 is 3.27. The fourth-order valence-corrected chi connectivity index (χ4v) is 1.85. The Labute approximate surface area is 115 Å². The van der Waals surface area contributed by atoms with E-state index in [4.69, 9.17) is 6.42 Å². The predicted molar refractivity (Wildman–Crippen MR) is 76.7 cm³/mol. The Hall–Kier alpha value is -1.32. The van der Waals surface area contributed by atoms with Gasteiger partial charge in [0.1, 0.15) is 11.0 Å². The van der Waals surface area contributed by atoms with Gasteiger partial charge in [0.15, 0.2) is 0 Å². The average molecular weight is 313 g/mol. The number of aromatic nitrogens is 2. The molecule has 18 heavy (non-hydrogen) atoms. The van der Waals surface area contributed by atoms with Crippen LogP contribution in [-0.2, 0) is 6.54 Å². The number of hydrogen-bond acceptors (Lipinski definition) is 4. The molecular weight excluding hydrogens is 296 g/mol. The molecule has 6 heteroatoms. The first-order valence-corrected chi connectivity index (χ1v) is 6.43. The maximum absolute atomic E-state index is 11.8. The van der Waals surface area contributed by atoms with Gasteiger partial charge in [-0.1, -0.05) is 5.92 Å². The van der Waals surface area contributed by atoms with Crippen LogP contribution in [0.1, 0.15) is 6.42 Å². The fraction of sp³-hybridized carbons (Fsp3) is 0.500. The molecule has 0 aliphatic rings. The Morgan fingerprint density at radius 1 is 1.61 bits per heavy atom. The van der Waals surface area contributed by atoms with E-state index < -0.39 is 0 Å². The molecule has 1 aromatic rings. The Morgan fingerprint density at radius 3 is 2.94 bits per heavy atom. The van der Waals surface area contributed by atoms with E-state index in [1.807, 2.05) is 14.1 Å². The van der Waals surface area contributed by atoms with Gasteiger partial charge in [-0.25, -0.2) is 4.68 Å². The third-order valence-corrected chi connectivity index (χ3v) is 3.09. The lowest BCUT2D eigenvalue weighted by molar-refractivity contribution is 0.405. The van der Waals surface area contributed by atoms with Gasteiger partial charge in [-0.15, -0.1) is 6.42 Å². The minimum Gasteiger partial charge on any atom is -0.383 e. The van der Waals surface area contributed by atoms with Crippen LogP contribution in [0.25, 0.3) is 0 Å². The number of anilines is 1. The van der Waals surface area contributed by atoms with E-state index in [1.54, 1.807) is 6.20 Å². The van der Waals surface area contributed by atoms with Crippen LogP contribution in [-0.4, -0.2) is 41.9 Å². The van der Waals surface area contributed by atoms with Crippen molar-refractivity contribution < 1.29 is 0 Å². The zero-order valence-corrected chi connectivity index (χ0v) is 12.2. The zero-order chi connectivity index (χ0) is 13.5. The van der Waals surface area contributed by atoms with Crippen molar-refractivity contribution in [1.82, 2.24) is 14.7 Å². The van der Waals surface area contributed by atoms with Gasteiger partial charge in [0.25, 0.3) is 5.56 Å². The van der Waals surface area contributed by atoms with Crippen molar-refractivity contribution >= 4 is 21.6 Å². The summed E-state index contributed by atoms with van der Waals surface area (Å²) in [6, 6.07) is 0. The van der Waals surface area contributed by atoms with Gasteiger partial charge in [-0.3, -0.25) is 4.79 Å². The second-order valence-corrected chi connectivity index (χ2v) is 4.92. The molecule has 98 valence electrons.